The average molecular weight is 326 g/mol. The Kier molecular flexibility index (Phi) is 8.22. The van der Waals surface area contributed by atoms with Crippen LogP contribution in [0, 0.1) is 17.6 Å². The van der Waals surface area contributed by atoms with Crippen molar-refractivity contribution in [2.75, 3.05) is 13.1 Å². The Morgan fingerprint density at radius 1 is 1.09 bits per heavy atom. The summed E-state index contributed by atoms with van der Waals surface area (Å²) in [5.74, 6) is -1.68. The van der Waals surface area contributed by atoms with Crippen LogP contribution in [0.1, 0.15) is 49.9 Å². The molecule has 2 N–H and O–H groups in total. The van der Waals surface area contributed by atoms with Crippen LogP contribution in [0.2, 0.25) is 0 Å². The number of benzene rings is 1. The van der Waals surface area contributed by atoms with E-state index in [0.29, 0.717) is 31.4 Å². The predicted molar refractivity (Wildman–Crippen MR) is 85.0 cm³/mol. The Labute approximate surface area is 135 Å². The summed E-state index contributed by atoms with van der Waals surface area (Å²) in [6.07, 6.45) is 2.78. The molecule has 0 aromatic heterocycles. The van der Waals surface area contributed by atoms with Crippen LogP contribution < -0.4 is 10.6 Å². The van der Waals surface area contributed by atoms with Gasteiger partial charge in [0.1, 0.15) is 11.6 Å². The second-order valence-corrected chi connectivity index (χ2v) is 5.87. The van der Waals surface area contributed by atoms with Crippen molar-refractivity contribution in [2.45, 2.75) is 39.5 Å². The van der Waals surface area contributed by atoms with Crippen LogP contribution in [0.5, 0.6) is 0 Å². The fraction of sp³-hybridized carbons (Fsp3) is 0.529. The van der Waals surface area contributed by atoms with Crippen LogP contribution in [-0.4, -0.2) is 24.9 Å². The maximum atomic E-state index is 13.4. The normalized spacial score (nSPS) is 10.7. The van der Waals surface area contributed by atoms with Crippen LogP contribution in [0.4, 0.5) is 8.78 Å². The molecule has 0 saturated carbocycles. The van der Waals surface area contributed by atoms with Crippen molar-refractivity contribution in [3.05, 3.63) is 35.4 Å². The van der Waals surface area contributed by atoms with Crippen LogP contribution in [0.25, 0.3) is 0 Å². The molecule has 4 nitrogen and oxygen atoms in total. The van der Waals surface area contributed by atoms with E-state index in [0.717, 1.165) is 25.0 Å². The van der Waals surface area contributed by atoms with Crippen molar-refractivity contribution in [1.82, 2.24) is 10.6 Å². The molecule has 0 atom stereocenters. The molecule has 1 rings (SSSR count). The highest BCUT2D eigenvalue weighted by Gasteiger charge is 2.12. The lowest BCUT2D eigenvalue weighted by atomic mass is 10.1. The van der Waals surface area contributed by atoms with Crippen molar-refractivity contribution in [3.8, 4) is 0 Å². The van der Waals surface area contributed by atoms with Gasteiger partial charge in [-0.05, 0) is 37.3 Å². The van der Waals surface area contributed by atoms with Gasteiger partial charge in [0.05, 0.1) is 5.56 Å². The summed E-state index contributed by atoms with van der Waals surface area (Å²) < 4.78 is 26.2. The SMILES string of the molecule is CC(C)CCCNC(=O)CCCNC(=O)c1ccc(F)cc1F. The van der Waals surface area contributed by atoms with Crippen molar-refractivity contribution in [3.63, 3.8) is 0 Å². The van der Waals surface area contributed by atoms with Crippen molar-refractivity contribution >= 4 is 11.8 Å². The second-order valence-electron chi connectivity index (χ2n) is 5.87. The number of halogens is 2. The standard InChI is InChI=1S/C17H24F2N2O2/c1-12(2)5-3-9-20-16(22)6-4-10-21-17(23)14-8-7-13(18)11-15(14)19/h7-8,11-12H,3-6,9-10H2,1-2H3,(H,20,22)(H,21,23). The third kappa shape index (κ3) is 7.72. The number of rotatable bonds is 9. The van der Waals surface area contributed by atoms with Crippen molar-refractivity contribution < 1.29 is 18.4 Å². The lowest BCUT2D eigenvalue weighted by Gasteiger charge is -2.08. The molecule has 23 heavy (non-hydrogen) atoms. The van der Waals surface area contributed by atoms with E-state index in [1.165, 1.54) is 0 Å². The van der Waals surface area contributed by atoms with Gasteiger partial charge in [-0.2, -0.15) is 0 Å². The zero-order valence-corrected chi connectivity index (χ0v) is 13.6. The molecule has 0 fully saturated rings. The summed E-state index contributed by atoms with van der Waals surface area (Å²) in [4.78, 5) is 23.3. The summed E-state index contributed by atoms with van der Waals surface area (Å²) >= 11 is 0. The molecule has 0 aliphatic heterocycles. The minimum absolute atomic E-state index is 0.0593. The second kappa shape index (κ2) is 9.92. The quantitative estimate of drug-likeness (QED) is 0.685. The van der Waals surface area contributed by atoms with Gasteiger partial charge >= 0.3 is 0 Å². The Balaban J connectivity index is 2.19. The van der Waals surface area contributed by atoms with Crippen LogP contribution in [0.15, 0.2) is 18.2 Å². The van der Waals surface area contributed by atoms with Gasteiger partial charge in [-0.25, -0.2) is 8.78 Å². The van der Waals surface area contributed by atoms with Gasteiger partial charge in [0.25, 0.3) is 5.91 Å². The number of hydrogen-bond acceptors (Lipinski definition) is 2. The summed E-state index contributed by atoms with van der Waals surface area (Å²) in [6, 6.07) is 2.80. The highest BCUT2D eigenvalue weighted by Crippen LogP contribution is 2.09. The topological polar surface area (TPSA) is 58.2 Å². The zero-order valence-electron chi connectivity index (χ0n) is 13.6. The number of carbonyl (C=O) groups is 2. The highest BCUT2D eigenvalue weighted by molar-refractivity contribution is 5.94. The third-order valence-corrected chi connectivity index (χ3v) is 3.32. The minimum atomic E-state index is -0.898. The Morgan fingerprint density at radius 3 is 2.43 bits per heavy atom. The van der Waals surface area contributed by atoms with E-state index < -0.39 is 17.5 Å². The molecule has 1 aromatic carbocycles. The van der Waals surface area contributed by atoms with Gasteiger partial charge in [0.15, 0.2) is 0 Å². The number of amides is 2. The number of nitrogens with one attached hydrogen (secondary N) is 2. The van der Waals surface area contributed by atoms with Gasteiger partial charge in [-0.3, -0.25) is 9.59 Å². The first-order valence-corrected chi connectivity index (χ1v) is 7.90. The van der Waals surface area contributed by atoms with Crippen LogP contribution >= 0.6 is 0 Å². The van der Waals surface area contributed by atoms with Crippen molar-refractivity contribution in [1.29, 1.82) is 0 Å². The molecular formula is C17H24F2N2O2. The molecule has 128 valence electrons. The molecule has 1 aromatic rings. The van der Waals surface area contributed by atoms with Crippen LogP contribution in [-0.2, 0) is 4.79 Å². The molecule has 0 unspecified atom stereocenters. The van der Waals surface area contributed by atoms with E-state index in [1.807, 2.05) is 0 Å². The molecule has 0 bridgehead atoms. The lowest BCUT2D eigenvalue weighted by Crippen LogP contribution is -2.28. The molecule has 0 aliphatic rings. The Bertz CT molecular complexity index is 533. The number of carbonyl (C=O) groups excluding carboxylic acids is 2. The fourth-order valence-electron chi connectivity index (χ4n) is 2.05. The summed E-state index contributed by atoms with van der Waals surface area (Å²) in [7, 11) is 0. The predicted octanol–water partition coefficient (Wildman–Crippen LogP) is 3.03. The smallest absolute Gasteiger partial charge is 0.254 e. The van der Waals surface area contributed by atoms with E-state index in [1.54, 1.807) is 0 Å². The Morgan fingerprint density at radius 2 is 1.78 bits per heavy atom. The maximum absolute atomic E-state index is 13.4. The van der Waals surface area contributed by atoms with E-state index in [9.17, 15) is 18.4 Å². The number of hydrogen-bond donors (Lipinski definition) is 2. The summed E-state index contributed by atoms with van der Waals surface area (Å²) in [5, 5.41) is 5.34. The monoisotopic (exact) mass is 326 g/mol. The van der Waals surface area contributed by atoms with Crippen molar-refractivity contribution in [2.24, 2.45) is 5.92 Å². The largest absolute Gasteiger partial charge is 0.356 e. The fourth-order valence-corrected chi connectivity index (χ4v) is 2.05. The average Bonchev–Trinajstić information content (AvgIpc) is 2.47. The maximum Gasteiger partial charge on any atom is 0.254 e. The van der Waals surface area contributed by atoms with Gasteiger partial charge < -0.3 is 10.6 Å². The molecule has 0 spiro atoms. The molecule has 0 saturated heterocycles. The first-order chi connectivity index (χ1) is 10.9. The first-order valence-electron chi connectivity index (χ1n) is 7.90. The van der Waals surface area contributed by atoms with Gasteiger partial charge in [-0.15, -0.1) is 0 Å². The lowest BCUT2D eigenvalue weighted by molar-refractivity contribution is -0.121. The first kappa shape index (κ1) is 19.1. The molecule has 0 aliphatic carbocycles. The van der Waals surface area contributed by atoms with E-state index >= 15 is 0 Å². The summed E-state index contributed by atoms with van der Waals surface area (Å²) in [5.41, 5.74) is -0.204. The highest BCUT2D eigenvalue weighted by atomic mass is 19.1. The van der Waals surface area contributed by atoms with Gasteiger partial charge in [0, 0.05) is 25.6 Å². The van der Waals surface area contributed by atoms with Gasteiger partial charge in [-0.1, -0.05) is 13.8 Å². The zero-order chi connectivity index (χ0) is 17.2. The minimum Gasteiger partial charge on any atom is -0.356 e. The molecule has 6 heteroatoms. The molecule has 0 radical (unpaired) electrons. The van der Waals surface area contributed by atoms with Crippen LogP contribution in [0.3, 0.4) is 0 Å². The van der Waals surface area contributed by atoms with E-state index in [-0.39, 0.29) is 18.0 Å². The molecule has 0 heterocycles. The molecule has 2 amide bonds. The third-order valence-electron chi connectivity index (χ3n) is 3.32. The Hall–Kier alpha value is -1.98. The van der Waals surface area contributed by atoms with E-state index in [4.69, 9.17) is 0 Å². The summed E-state index contributed by atoms with van der Waals surface area (Å²) in [6.45, 7) is 5.18. The van der Waals surface area contributed by atoms with Gasteiger partial charge in [0.2, 0.25) is 5.91 Å². The molecular weight excluding hydrogens is 302 g/mol. The van der Waals surface area contributed by atoms with E-state index in [2.05, 4.69) is 24.5 Å².